The zero-order valence-corrected chi connectivity index (χ0v) is 21.7. The maximum Gasteiger partial charge on any atom is 0.293 e. The van der Waals surface area contributed by atoms with Gasteiger partial charge < -0.3 is 4.74 Å². The lowest BCUT2D eigenvalue weighted by atomic mass is 10.1. The van der Waals surface area contributed by atoms with E-state index in [1.54, 1.807) is 48.5 Å². The van der Waals surface area contributed by atoms with Gasteiger partial charge in [0.1, 0.15) is 12.4 Å². The predicted molar refractivity (Wildman–Crippen MR) is 140 cm³/mol. The van der Waals surface area contributed by atoms with Gasteiger partial charge in [-0.2, -0.15) is 0 Å². The van der Waals surface area contributed by atoms with E-state index in [-0.39, 0.29) is 29.3 Å². The molecule has 35 heavy (non-hydrogen) atoms. The number of carbonyl (C=O) groups excluding carboxylic acids is 2. The number of imide groups is 1. The number of hydrogen-bond donors (Lipinski definition) is 0. The molecule has 0 atom stereocenters. The summed E-state index contributed by atoms with van der Waals surface area (Å²) in [6.45, 7) is 0.0569. The summed E-state index contributed by atoms with van der Waals surface area (Å²) in [7, 11) is 0. The standard InChI is InChI=1S/C24H15BrCl2N2O5S/c25-18-9-14(5-8-21(18)34-13-16-6-7-17(26)11-19(16)27)10-22-23(30)28(24(31)35-22)12-15-3-1-2-4-20(15)29(32)33/h1-11H,12-13H2/b22-10+. The number of nitro benzene ring substituents is 1. The highest BCUT2D eigenvalue weighted by atomic mass is 79.9. The highest BCUT2D eigenvalue weighted by Gasteiger charge is 2.36. The molecule has 0 aromatic heterocycles. The summed E-state index contributed by atoms with van der Waals surface area (Å²) >= 11 is 16.4. The normalized spacial score (nSPS) is 14.6. The molecule has 1 aliphatic rings. The lowest BCUT2D eigenvalue weighted by molar-refractivity contribution is -0.385. The van der Waals surface area contributed by atoms with E-state index in [9.17, 15) is 19.7 Å². The van der Waals surface area contributed by atoms with Crippen LogP contribution in [0.5, 0.6) is 5.75 Å². The summed E-state index contributed by atoms with van der Waals surface area (Å²) in [5.41, 5.74) is 1.59. The fourth-order valence-electron chi connectivity index (χ4n) is 3.30. The fraction of sp³-hybridized carbons (Fsp3) is 0.0833. The van der Waals surface area contributed by atoms with Crippen molar-refractivity contribution in [1.82, 2.24) is 4.90 Å². The number of para-hydroxylation sites is 1. The van der Waals surface area contributed by atoms with Crippen LogP contribution in [0.3, 0.4) is 0 Å². The number of nitro groups is 1. The van der Waals surface area contributed by atoms with E-state index in [0.29, 0.717) is 25.8 Å². The van der Waals surface area contributed by atoms with Crippen molar-refractivity contribution in [3.05, 3.63) is 107 Å². The molecule has 11 heteroatoms. The van der Waals surface area contributed by atoms with Gasteiger partial charge in [0, 0.05) is 27.2 Å². The van der Waals surface area contributed by atoms with Crippen LogP contribution in [0, 0.1) is 10.1 Å². The van der Waals surface area contributed by atoms with Crippen LogP contribution in [0.2, 0.25) is 10.0 Å². The summed E-state index contributed by atoms with van der Waals surface area (Å²) in [5, 5.41) is 11.8. The second-order valence-corrected chi connectivity index (χ2v) is 10.1. The average molecular weight is 594 g/mol. The van der Waals surface area contributed by atoms with E-state index in [1.165, 1.54) is 18.2 Å². The van der Waals surface area contributed by atoms with E-state index >= 15 is 0 Å². The number of carbonyl (C=O) groups is 2. The number of ether oxygens (including phenoxy) is 1. The Bertz CT molecular complexity index is 1380. The van der Waals surface area contributed by atoms with E-state index in [2.05, 4.69) is 15.9 Å². The minimum atomic E-state index is -0.535. The van der Waals surface area contributed by atoms with E-state index < -0.39 is 16.1 Å². The number of amides is 2. The maximum absolute atomic E-state index is 12.9. The molecule has 178 valence electrons. The van der Waals surface area contributed by atoms with Gasteiger partial charge in [-0.3, -0.25) is 24.6 Å². The van der Waals surface area contributed by atoms with E-state index in [1.807, 2.05) is 0 Å². The van der Waals surface area contributed by atoms with Gasteiger partial charge in [-0.15, -0.1) is 0 Å². The van der Waals surface area contributed by atoms with Crippen LogP contribution < -0.4 is 4.74 Å². The molecule has 0 radical (unpaired) electrons. The summed E-state index contributed by atoms with van der Waals surface area (Å²) in [5.74, 6) is 0.0599. The van der Waals surface area contributed by atoms with E-state index in [0.717, 1.165) is 22.2 Å². The molecule has 4 rings (SSSR count). The highest BCUT2D eigenvalue weighted by molar-refractivity contribution is 9.10. The molecule has 0 bridgehead atoms. The zero-order chi connectivity index (χ0) is 25.1. The lowest BCUT2D eigenvalue weighted by Gasteiger charge is -2.12. The third kappa shape index (κ3) is 5.87. The smallest absolute Gasteiger partial charge is 0.293 e. The topological polar surface area (TPSA) is 89.8 Å². The third-order valence-corrected chi connectivity index (χ3v) is 7.16. The molecule has 0 aliphatic carbocycles. The molecule has 1 heterocycles. The Hall–Kier alpha value is -2.85. The van der Waals surface area contributed by atoms with Gasteiger partial charge in [-0.1, -0.05) is 53.5 Å². The molecule has 1 fully saturated rings. The van der Waals surface area contributed by atoms with Crippen LogP contribution in [0.25, 0.3) is 6.08 Å². The molecule has 1 aliphatic heterocycles. The van der Waals surface area contributed by atoms with Crippen molar-refractivity contribution >= 4 is 73.8 Å². The number of halogens is 3. The zero-order valence-electron chi connectivity index (χ0n) is 17.7. The van der Waals surface area contributed by atoms with Crippen molar-refractivity contribution < 1.29 is 19.2 Å². The minimum absolute atomic E-state index is 0.144. The SMILES string of the molecule is O=C1S/C(=C/c2ccc(OCc3ccc(Cl)cc3Cl)c(Br)c2)C(=O)N1Cc1ccccc1[N+](=O)[O-]. The number of rotatable bonds is 7. The van der Waals surface area contributed by atoms with Crippen LogP contribution in [-0.2, 0) is 17.9 Å². The predicted octanol–water partition coefficient (Wildman–Crippen LogP) is 7.48. The molecule has 3 aromatic rings. The summed E-state index contributed by atoms with van der Waals surface area (Å²) in [4.78, 5) is 37.3. The van der Waals surface area contributed by atoms with Gasteiger partial charge in [0.25, 0.3) is 16.8 Å². The molecule has 0 unspecified atom stereocenters. The first-order chi connectivity index (χ1) is 16.7. The number of thioether (sulfide) groups is 1. The molecule has 3 aromatic carbocycles. The van der Waals surface area contributed by atoms with Gasteiger partial charge in [-0.05, 0) is 63.6 Å². The van der Waals surface area contributed by atoms with Crippen LogP contribution >= 0.6 is 50.9 Å². The Kier molecular flexibility index (Phi) is 7.81. The Morgan fingerprint density at radius 2 is 1.83 bits per heavy atom. The molecule has 0 N–H and O–H groups in total. The maximum atomic E-state index is 12.9. The summed E-state index contributed by atoms with van der Waals surface area (Å²) in [6.07, 6.45) is 1.59. The molecule has 0 spiro atoms. The van der Waals surface area contributed by atoms with Crippen molar-refractivity contribution in [2.24, 2.45) is 0 Å². The van der Waals surface area contributed by atoms with Gasteiger partial charge in [-0.25, -0.2) is 0 Å². The molecule has 7 nitrogen and oxygen atoms in total. The molecular weight excluding hydrogens is 579 g/mol. The molecule has 0 saturated carbocycles. The summed E-state index contributed by atoms with van der Waals surface area (Å²) < 4.78 is 6.48. The first-order valence-corrected chi connectivity index (χ1v) is 12.4. The van der Waals surface area contributed by atoms with Crippen LogP contribution in [0.4, 0.5) is 10.5 Å². The number of benzene rings is 3. The molecule has 2 amide bonds. The Morgan fingerprint density at radius 3 is 2.54 bits per heavy atom. The van der Waals surface area contributed by atoms with Crippen molar-refractivity contribution in [1.29, 1.82) is 0 Å². The lowest BCUT2D eigenvalue weighted by Crippen LogP contribution is -2.27. The van der Waals surface area contributed by atoms with Crippen molar-refractivity contribution in [2.75, 3.05) is 0 Å². The average Bonchev–Trinajstić information content (AvgIpc) is 3.07. The van der Waals surface area contributed by atoms with Crippen molar-refractivity contribution in [3.63, 3.8) is 0 Å². The molecule has 1 saturated heterocycles. The van der Waals surface area contributed by atoms with Gasteiger partial charge in [0.2, 0.25) is 0 Å². The van der Waals surface area contributed by atoms with Gasteiger partial charge in [0.15, 0.2) is 0 Å². The Balaban J connectivity index is 1.48. The second kappa shape index (κ2) is 10.8. The third-order valence-electron chi connectivity index (χ3n) is 5.04. The van der Waals surface area contributed by atoms with Crippen LogP contribution in [0.1, 0.15) is 16.7 Å². The fourth-order valence-corrected chi connectivity index (χ4v) is 5.11. The van der Waals surface area contributed by atoms with E-state index in [4.69, 9.17) is 27.9 Å². The molecular formula is C24H15BrCl2N2O5S. The monoisotopic (exact) mass is 592 g/mol. The Morgan fingerprint density at radius 1 is 1.06 bits per heavy atom. The first-order valence-electron chi connectivity index (χ1n) is 10.1. The van der Waals surface area contributed by atoms with Gasteiger partial charge in [0.05, 0.1) is 20.8 Å². The van der Waals surface area contributed by atoms with Crippen LogP contribution in [0.15, 0.2) is 70.0 Å². The van der Waals surface area contributed by atoms with Crippen molar-refractivity contribution in [2.45, 2.75) is 13.2 Å². The minimum Gasteiger partial charge on any atom is -0.488 e. The first kappa shape index (κ1) is 25.2. The quantitative estimate of drug-likeness (QED) is 0.160. The largest absolute Gasteiger partial charge is 0.488 e. The highest BCUT2D eigenvalue weighted by Crippen LogP contribution is 2.36. The number of hydrogen-bond acceptors (Lipinski definition) is 6. The second-order valence-electron chi connectivity index (χ2n) is 7.37. The summed E-state index contributed by atoms with van der Waals surface area (Å²) in [6, 6.07) is 16.4. The Labute approximate surface area is 222 Å². The van der Waals surface area contributed by atoms with Gasteiger partial charge >= 0.3 is 0 Å². The number of nitrogens with zero attached hydrogens (tertiary/aromatic N) is 2. The van der Waals surface area contributed by atoms with Crippen LogP contribution in [-0.4, -0.2) is 21.0 Å². The van der Waals surface area contributed by atoms with Crippen molar-refractivity contribution in [3.8, 4) is 5.75 Å².